The number of nitriles is 1. The van der Waals surface area contributed by atoms with E-state index in [0.29, 0.717) is 60.7 Å². The lowest BCUT2D eigenvalue weighted by atomic mass is 9.96. The molecule has 3 aromatic carbocycles. The number of benzene rings is 3. The summed E-state index contributed by atoms with van der Waals surface area (Å²) in [6.07, 6.45) is 3.19. The number of rotatable bonds is 12. The predicted octanol–water partition coefficient (Wildman–Crippen LogP) is 7.15. The highest BCUT2D eigenvalue weighted by Crippen LogP contribution is 2.37. The van der Waals surface area contributed by atoms with Gasteiger partial charge in [-0.15, -0.1) is 0 Å². The van der Waals surface area contributed by atoms with E-state index in [9.17, 15) is 5.26 Å². The van der Waals surface area contributed by atoms with E-state index in [4.69, 9.17) is 35.1 Å². The molecule has 43 heavy (non-hydrogen) atoms. The first-order valence-corrected chi connectivity index (χ1v) is 15.1. The average Bonchev–Trinajstić information content (AvgIpc) is 3.03. The Hall–Kier alpha value is -3.94. The molecule has 5 rings (SSSR count). The Balaban J connectivity index is 1.37. The number of fused-ring (bicyclic) bond motifs is 1. The zero-order valence-corrected chi connectivity index (χ0v) is 25.6. The molecule has 0 fully saturated rings. The van der Waals surface area contributed by atoms with Crippen LogP contribution in [0.2, 0.25) is 5.02 Å². The van der Waals surface area contributed by atoms with Crippen molar-refractivity contribution in [3.8, 4) is 40.2 Å². The third kappa shape index (κ3) is 7.72. The fraction of sp³-hybridized carbons (Fsp3) is 0.273. The highest BCUT2D eigenvalue weighted by atomic mass is 35.5. The molecule has 0 bridgehead atoms. The van der Waals surface area contributed by atoms with Gasteiger partial charge in [-0.3, -0.25) is 4.98 Å². The molecule has 1 aliphatic rings. The first-order chi connectivity index (χ1) is 20.9. The van der Waals surface area contributed by atoms with Gasteiger partial charge in [0.1, 0.15) is 44.0 Å². The summed E-state index contributed by atoms with van der Waals surface area (Å²) < 4.78 is 33.1. The topological polar surface area (TPSA) is 97.1 Å². The number of aromatic nitrogens is 1. The SMILES string of the molecule is Cc1c(COc2cc(OCc3cncc(C#N)c3)c(CN(C)CCSO)cc2Cl)cccc1-c1ccc2c(c1)OCCO2. The number of hydrogen-bond donors (Lipinski definition) is 1. The largest absolute Gasteiger partial charge is 0.488 e. The lowest BCUT2D eigenvalue weighted by Gasteiger charge is -2.21. The Morgan fingerprint density at radius 1 is 1.00 bits per heavy atom. The Labute approximate surface area is 261 Å². The van der Waals surface area contributed by atoms with Gasteiger partial charge >= 0.3 is 0 Å². The molecule has 4 aromatic rings. The molecule has 0 spiro atoms. The normalized spacial score (nSPS) is 12.2. The maximum Gasteiger partial charge on any atom is 0.161 e. The maximum absolute atomic E-state index is 9.23. The molecule has 2 heterocycles. The number of pyridine rings is 1. The second-order valence-corrected chi connectivity index (χ2v) is 11.3. The summed E-state index contributed by atoms with van der Waals surface area (Å²) in [5, 5.41) is 9.71. The maximum atomic E-state index is 9.23. The fourth-order valence-electron chi connectivity index (χ4n) is 4.82. The molecular weight excluding hydrogens is 586 g/mol. The number of halogens is 1. The van der Waals surface area contributed by atoms with Gasteiger partial charge in [-0.2, -0.15) is 5.26 Å². The Kier molecular flexibility index (Phi) is 10.3. The lowest BCUT2D eigenvalue weighted by molar-refractivity contribution is 0.171. The molecule has 0 unspecified atom stereocenters. The van der Waals surface area contributed by atoms with Crippen molar-refractivity contribution in [2.24, 2.45) is 0 Å². The summed E-state index contributed by atoms with van der Waals surface area (Å²) >= 11 is 7.54. The molecule has 0 saturated carbocycles. The van der Waals surface area contributed by atoms with Crippen molar-refractivity contribution in [1.82, 2.24) is 9.88 Å². The molecule has 8 nitrogen and oxygen atoms in total. The first kappa shape index (κ1) is 30.5. The van der Waals surface area contributed by atoms with Gasteiger partial charge < -0.3 is 28.4 Å². The summed E-state index contributed by atoms with van der Waals surface area (Å²) in [4.78, 5) is 6.21. The molecule has 0 amide bonds. The van der Waals surface area contributed by atoms with Gasteiger partial charge in [0.05, 0.1) is 10.6 Å². The van der Waals surface area contributed by atoms with E-state index >= 15 is 0 Å². The van der Waals surface area contributed by atoms with Crippen molar-refractivity contribution in [1.29, 1.82) is 5.26 Å². The smallest absolute Gasteiger partial charge is 0.161 e. The van der Waals surface area contributed by atoms with Crippen LogP contribution in [0.15, 0.2) is 67.0 Å². The van der Waals surface area contributed by atoms with E-state index in [-0.39, 0.29) is 6.61 Å². The van der Waals surface area contributed by atoms with Gasteiger partial charge in [-0.1, -0.05) is 35.9 Å². The van der Waals surface area contributed by atoms with Crippen molar-refractivity contribution >= 4 is 23.6 Å². The van der Waals surface area contributed by atoms with Crippen molar-refractivity contribution in [3.63, 3.8) is 0 Å². The van der Waals surface area contributed by atoms with Crippen LogP contribution in [0.4, 0.5) is 0 Å². The van der Waals surface area contributed by atoms with Crippen molar-refractivity contribution < 1.29 is 23.5 Å². The molecule has 0 radical (unpaired) electrons. The van der Waals surface area contributed by atoms with Crippen molar-refractivity contribution in [3.05, 3.63) is 99.8 Å². The molecule has 0 aliphatic carbocycles. The summed E-state index contributed by atoms with van der Waals surface area (Å²) in [5.41, 5.74) is 6.37. The van der Waals surface area contributed by atoms with E-state index in [1.165, 1.54) is 6.20 Å². The van der Waals surface area contributed by atoms with Crippen LogP contribution >= 0.6 is 23.6 Å². The van der Waals surface area contributed by atoms with Gasteiger partial charge in [0, 0.05) is 48.4 Å². The quantitative estimate of drug-likeness (QED) is 0.166. The Morgan fingerprint density at radius 3 is 2.63 bits per heavy atom. The van der Waals surface area contributed by atoms with E-state index in [0.717, 1.165) is 56.9 Å². The summed E-state index contributed by atoms with van der Waals surface area (Å²) in [6, 6.07) is 19.7. The van der Waals surface area contributed by atoms with Gasteiger partial charge in [-0.05, 0) is 72.5 Å². The van der Waals surface area contributed by atoms with Crippen LogP contribution in [0, 0.1) is 18.3 Å². The summed E-state index contributed by atoms with van der Waals surface area (Å²) in [7, 11) is 1.97. The van der Waals surface area contributed by atoms with Gasteiger partial charge in [-0.25, -0.2) is 0 Å². The minimum Gasteiger partial charge on any atom is -0.488 e. The molecular formula is C33H32ClN3O5S. The van der Waals surface area contributed by atoms with Crippen LogP contribution in [0.25, 0.3) is 11.1 Å². The molecule has 0 saturated heterocycles. The van der Waals surface area contributed by atoms with Crippen LogP contribution in [0.5, 0.6) is 23.0 Å². The molecule has 222 valence electrons. The summed E-state index contributed by atoms with van der Waals surface area (Å²) in [6.45, 7) is 4.95. The average molecular weight is 618 g/mol. The number of hydrogen-bond acceptors (Lipinski definition) is 9. The van der Waals surface area contributed by atoms with E-state index in [1.807, 2.05) is 49.5 Å². The Morgan fingerprint density at radius 2 is 1.81 bits per heavy atom. The van der Waals surface area contributed by atoms with Crippen LogP contribution < -0.4 is 18.9 Å². The highest BCUT2D eigenvalue weighted by Gasteiger charge is 2.17. The molecule has 1 aliphatic heterocycles. The van der Waals surface area contributed by atoms with Crippen molar-refractivity contribution in [2.75, 3.05) is 32.6 Å². The van der Waals surface area contributed by atoms with Gasteiger partial charge in [0.15, 0.2) is 11.5 Å². The number of nitrogens with zero attached hydrogens (tertiary/aromatic N) is 3. The molecule has 1 N–H and O–H groups in total. The molecule has 0 atom stereocenters. The van der Waals surface area contributed by atoms with Crippen LogP contribution in [0.1, 0.15) is 27.8 Å². The van der Waals surface area contributed by atoms with E-state index in [2.05, 4.69) is 28.9 Å². The van der Waals surface area contributed by atoms with Gasteiger partial charge in [0.2, 0.25) is 0 Å². The van der Waals surface area contributed by atoms with Crippen molar-refractivity contribution in [2.45, 2.75) is 26.7 Å². The minimum atomic E-state index is 0.226. The van der Waals surface area contributed by atoms with E-state index in [1.54, 1.807) is 12.3 Å². The van der Waals surface area contributed by atoms with Crippen LogP contribution in [-0.2, 0) is 19.8 Å². The standard InChI is InChI=1S/C33H32ClN3O5S/c1-22-26(4-3-5-28(22)25-6-7-30-33(14-25)40-10-9-39-30)21-42-32-15-31(41-20-24-12-23(16-35)17-36-18-24)27(13-29(32)34)19-37(2)8-11-43-38/h3-7,12-15,17-18,38H,8-11,19-21H2,1-2H3. The third-order valence-corrected chi connectivity index (χ3v) is 7.78. The van der Waals surface area contributed by atoms with Crippen LogP contribution in [-0.4, -0.2) is 47.0 Å². The number of ether oxygens (including phenoxy) is 4. The van der Waals surface area contributed by atoms with Crippen LogP contribution in [0.3, 0.4) is 0 Å². The molecule has 1 aromatic heterocycles. The molecule has 10 heteroatoms. The fourth-order valence-corrected chi connectivity index (χ4v) is 5.45. The second kappa shape index (κ2) is 14.5. The Bertz CT molecular complexity index is 1630. The third-order valence-electron chi connectivity index (χ3n) is 7.12. The minimum absolute atomic E-state index is 0.226. The lowest BCUT2D eigenvalue weighted by Crippen LogP contribution is -2.21. The zero-order chi connectivity index (χ0) is 30.2. The monoisotopic (exact) mass is 617 g/mol. The van der Waals surface area contributed by atoms with E-state index < -0.39 is 0 Å². The highest BCUT2D eigenvalue weighted by molar-refractivity contribution is 7.93. The second-order valence-electron chi connectivity index (χ2n) is 10.2. The first-order valence-electron chi connectivity index (χ1n) is 13.8. The van der Waals surface area contributed by atoms with Gasteiger partial charge in [0.25, 0.3) is 0 Å². The predicted molar refractivity (Wildman–Crippen MR) is 168 cm³/mol. The summed E-state index contributed by atoms with van der Waals surface area (Å²) in [5.74, 6) is 3.21. The zero-order valence-electron chi connectivity index (χ0n) is 24.0.